The largest absolute Gasteiger partial charge is 0.468 e. The number of anilines is 1. The highest BCUT2D eigenvalue weighted by molar-refractivity contribution is 7.89. The highest BCUT2D eigenvalue weighted by Gasteiger charge is 2.28. The number of carbonyl (C=O) groups excluding carboxylic acids is 1. The van der Waals surface area contributed by atoms with Gasteiger partial charge in [0.05, 0.1) is 22.6 Å². The lowest BCUT2D eigenvalue weighted by molar-refractivity contribution is 0.102. The Hall–Kier alpha value is -2.99. The van der Waals surface area contributed by atoms with Crippen LogP contribution in [0.2, 0.25) is 0 Å². The van der Waals surface area contributed by atoms with Crippen LogP contribution in [0.5, 0.6) is 0 Å². The van der Waals surface area contributed by atoms with E-state index < -0.39 is 26.0 Å². The van der Waals surface area contributed by atoms with Gasteiger partial charge in [-0.3, -0.25) is 4.79 Å². The van der Waals surface area contributed by atoms with Gasteiger partial charge in [-0.05, 0) is 61.4 Å². The van der Waals surface area contributed by atoms with Crippen LogP contribution in [0.3, 0.4) is 0 Å². The summed E-state index contributed by atoms with van der Waals surface area (Å²) in [4.78, 5) is 12.6. The van der Waals surface area contributed by atoms with Crippen molar-refractivity contribution in [2.24, 2.45) is 0 Å². The fraction of sp³-hybridized carbons (Fsp3) is 0.190. The first-order valence-corrected chi connectivity index (χ1v) is 12.8. The maximum absolute atomic E-state index is 12.7. The van der Waals surface area contributed by atoms with Gasteiger partial charge in [0.15, 0.2) is 0 Å². The van der Waals surface area contributed by atoms with E-state index in [1.54, 1.807) is 18.2 Å². The number of furan rings is 1. The van der Waals surface area contributed by atoms with Crippen LogP contribution in [0.1, 0.15) is 29.0 Å². The summed E-state index contributed by atoms with van der Waals surface area (Å²) in [5.74, 6) is -0.119. The van der Waals surface area contributed by atoms with Crippen LogP contribution in [0, 0.1) is 0 Å². The van der Waals surface area contributed by atoms with Gasteiger partial charge in [-0.2, -0.15) is 0 Å². The topological polar surface area (TPSA) is 135 Å². The average molecular weight is 476 g/mol. The molecule has 9 nitrogen and oxygen atoms in total. The number of carbonyl (C=O) groups is 1. The molecular weight excluding hydrogens is 454 g/mol. The lowest BCUT2D eigenvalue weighted by atomic mass is 10.2. The SMILES string of the molecule is O=C(Nc1cccc(S(=O)(=O)NC2CC2)c1)c1cccc(S(=O)(=O)NCc2ccco2)c1. The van der Waals surface area contributed by atoms with Gasteiger partial charge >= 0.3 is 0 Å². The molecule has 1 saturated carbocycles. The minimum absolute atomic E-state index is 0.0259. The fourth-order valence-corrected chi connectivity index (χ4v) is 5.29. The molecule has 1 aliphatic rings. The van der Waals surface area contributed by atoms with E-state index in [-0.39, 0.29) is 33.6 Å². The highest BCUT2D eigenvalue weighted by atomic mass is 32.2. The zero-order valence-electron chi connectivity index (χ0n) is 16.8. The Bertz CT molecular complexity index is 1330. The summed E-state index contributed by atoms with van der Waals surface area (Å²) < 4.78 is 60.0. The maximum Gasteiger partial charge on any atom is 0.255 e. The third kappa shape index (κ3) is 5.43. The Balaban J connectivity index is 1.48. The van der Waals surface area contributed by atoms with Gasteiger partial charge in [0, 0.05) is 17.3 Å². The number of amides is 1. The Morgan fingerprint density at radius 2 is 1.62 bits per heavy atom. The van der Waals surface area contributed by atoms with Crippen LogP contribution in [0.4, 0.5) is 5.69 Å². The fourth-order valence-electron chi connectivity index (χ4n) is 2.90. The van der Waals surface area contributed by atoms with Gasteiger partial charge in [-0.25, -0.2) is 26.3 Å². The van der Waals surface area contributed by atoms with Gasteiger partial charge in [0.1, 0.15) is 5.76 Å². The molecule has 3 aromatic rings. The van der Waals surface area contributed by atoms with Crippen molar-refractivity contribution in [1.29, 1.82) is 0 Å². The monoisotopic (exact) mass is 475 g/mol. The molecule has 1 fully saturated rings. The first kappa shape index (κ1) is 22.2. The van der Waals surface area contributed by atoms with Crippen LogP contribution in [0.25, 0.3) is 0 Å². The lowest BCUT2D eigenvalue weighted by Gasteiger charge is -2.10. The molecule has 0 aliphatic heterocycles. The maximum atomic E-state index is 12.7. The minimum Gasteiger partial charge on any atom is -0.468 e. The van der Waals surface area contributed by atoms with Crippen LogP contribution >= 0.6 is 0 Å². The van der Waals surface area contributed by atoms with Gasteiger partial charge < -0.3 is 9.73 Å². The molecule has 0 bridgehead atoms. The average Bonchev–Trinajstić information content (AvgIpc) is 3.41. The summed E-state index contributed by atoms with van der Waals surface area (Å²) in [5.41, 5.74) is 0.383. The number of rotatable bonds is 9. The van der Waals surface area contributed by atoms with Crippen molar-refractivity contribution in [3.8, 4) is 0 Å². The Labute approximate surface area is 185 Å². The Morgan fingerprint density at radius 3 is 2.31 bits per heavy atom. The van der Waals surface area contributed by atoms with Crippen molar-refractivity contribution < 1.29 is 26.0 Å². The standard InChI is InChI=1S/C21H21N3O6S2/c25-21(23-17-5-2-8-20(13-17)32(28,29)24-16-9-10-16)15-4-1-7-19(12-15)31(26,27)22-14-18-6-3-11-30-18/h1-8,11-13,16,22,24H,9-10,14H2,(H,23,25). The van der Waals surface area contributed by atoms with E-state index in [1.165, 1.54) is 48.7 Å². The van der Waals surface area contributed by atoms with Crippen molar-refractivity contribution in [1.82, 2.24) is 9.44 Å². The van der Waals surface area contributed by atoms with E-state index in [0.29, 0.717) is 5.76 Å². The molecule has 2 aromatic carbocycles. The Kier molecular flexibility index (Phi) is 6.15. The summed E-state index contributed by atoms with van der Waals surface area (Å²) in [6.45, 7) is -0.0259. The second-order valence-electron chi connectivity index (χ2n) is 7.31. The number of nitrogens with one attached hydrogen (secondary N) is 3. The number of hydrogen-bond acceptors (Lipinski definition) is 6. The van der Waals surface area contributed by atoms with Crippen molar-refractivity contribution >= 4 is 31.6 Å². The second kappa shape index (κ2) is 8.87. The third-order valence-corrected chi connectivity index (χ3v) is 7.64. The van der Waals surface area contributed by atoms with Gasteiger partial charge in [0.25, 0.3) is 5.91 Å². The molecule has 1 aliphatic carbocycles. The smallest absolute Gasteiger partial charge is 0.255 e. The van der Waals surface area contributed by atoms with Gasteiger partial charge in [-0.1, -0.05) is 12.1 Å². The zero-order valence-corrected chi connectivity index (χ0v) is 18.4. The minimum atomic E-state index is -3.87. The van der Waals surface area contributed by atoms with Crippen LogP contribution in [-0.2, 0) is 26.6 Å². The molecule has 1 heterocycles. The predicted molar refractivity (Wildman–Crippen MR) is 117 cm³/mol. The highest BCUT2D eigenvalue weighted by Crippen LogP contribution is 2.23. The normalized spacial score (nSPS) is 14.2. The molecule has 4 rings (SSSR count). The van der Waals surface area contributed by atoms with Crippen molar-refractivity contribution in [3.63, 3.8) is 0 Å². The van der Waals surface area contributed by atoms with Crippen LogP contribution in [-0.4, -0.2) is 28.8 Å². The quantitative estimate of drug-likeness (QED) is 0.435. The second-order valence-corrected chi connectivity index (χ2v) is 10.8. The molecule has 0 unspecified atom stereocenters. The summed E-state index contributed by atoms with van der Waals surface area (Å²) in [6, 6.07) is 14.7. The first-order chi connectivity index (χ1) is 15.2. The van der Waals surface area contributed by atoms with Crippen molar-refractivity contribution in [2.45, 2.75) is 35.2 Å². The molecule has 3 N–H and O–H groups in total. The zero-order chi connectivity index (χ0) is 22.8. The molecule has 32 heavy (non-hydrogen) atoms. The molecule has 0 spiro atoms. The van der Waals surface area contributed by atoms with E-state index in [2.05, 4.69) is 14.8 Å². The van der Waals surface area contributed by atoms with Crippen LogP contribution < -0.4 is 14.8 Å². The summed E-state index contributed by atoms with van der Waals surface area (Å²) >= 11 is 0. The molecule has 1 amide bonds. The number of benzene rings is 2. The number of sulfonamides is 2. The molecule has 0 radical (unpaired) electrons. The predicted octanol–water partition coefficient (Wildman–Crippen LogP) is 2.45. The van der Waals surface area contributed by atoms with Crippen molar-refractivity contribution in [3.05, 3.63) is 78.3 Å². The van der Waals surface area contributed by atoms with E-state index >= 15 is 0 Å². The molecule has 0 atom stereocenters. The first-order valence-electron chi connectivity index (χ1n) is 9.79. The summed E-state index contributed by atoms with van der Waals surface area (Å²) in [6.07, 6.45) is 3.06. The molecular formula is C21H21N3O6S2. The van der Waals surface area contributed by atoms with E-state index in [9.17, 15) is 21.6 Å². The summed E-state index contributed by atoms with van der Waals surface area (Å²) in [5, 5.41) is 2.61. The molecule has 11 heteroatoms. The van der Waals surface area contributed by atoms with E-state index in [4.69, 9.17) is 4.42 Å². The van der Waals surface area contributed by atoms with E-state index in [1.807, 2.05) is 0 Å². The lowest BCUT2D eigenvalue weighted by Crippen LogP contribution is -2.25. The summed E-state index contributed by atoms with van der Waals surface area (Å²) in [7, 11) is -7.54. The van der Waals surface area contributed by atoms with Crippen LogP contribution in [0.15, 0.2) is 81.1 Å². The van der Waals surface area contributed by atoms with Gasteiger partial charge in [-0.15, -0.1) is 0 Å². The van der Waals surface area contributed by atoms with Crippen molar-refractivity contribution in [2.75, 3.05) is 5.32 Å². The van der Waals surface area contributed by atoms with E-state index in [0.717, 1.165) is 12.8 Å². The third-order valence-electron chi connectivity index (χ3n) is 4.72. The molecule has 1 aromatic heterocycles. The number of hydrogen-bond donors (Lipinski definition) is 3. The van der Waals surface area contributed by atoms with Gasteiger partial charge in [0.2, 0.25) is 20.0 Å². The Morgan fingerprint density at radius 1 is 0.906 bits per heavy atom. The molecule has 0 saturated heterocycles. The molecule has 168 valence electrons.